The zero-order chi connectivity index (χ0) is 41.0. The Morgan fingerprint density at radius 3 is 2.48 bits per heavy atom. The summed E-state index contributed by atoms with van der Waals surface area (Å²) in [5.74, 6) is -4.58. The van der Waals surface area contributed by atoms with Crippen molar-refractivity contribution in [2.75, 3.05) is 6.54 Å². The number of sulfonamides is 1. The number of carbonyl (C=O) groups is 4. The number of amides is 4. The van der Waals surface area contributed by atoms with Gasteiger partial charge in [0.25, 0.3) is 5.91 Å². The van der Waals surface area contributed by atoms with Crippen LogP contribution in [0.3, 0.4) is 0 Å². The molecule has 15 nitrogen and oxygen atoms in total. The molecule has 0 aromatic carbocycles. The standard InChI is InChI=1S/C37H48F3N7O8S/c1-6-21-16-20(2)10-7-8-11-22-18-36(22,33(50)45-56(53,54)24-13-14-24)44-30(48)26-17-23(19-46(26)32(49)27(21)47(34(51)52)35(3,4)5)55-31-28(37(38,39)40)43-29-25(42-31)12-9-15-41-29/h8-9,11-12,15,20-24,26-27H,6-7,10,13-14,16-19H2,1-5H3,(H,44,48)(H,45,50)(H,51,52)/b11-8-/t20-,21-,22-,23-,26+,27+,36-/m1/s1. The molecule has 2 aliphatic carbocycles. The fourth-order valence-electron chi connectivity index (χ4n) is 7.96. The number of allylic oxidation sites excluding steroid dienone is 1. The van der Waals surface area contributed by atoms with Crippen molar-refractivity contribution < 1.29 is 50.6 Å². The molecular weight excluding hydrogens is 760 g/mol. The molecule has 0 radical (unpaired) electrons. The Kier molecular flexibility index (Phi) is 11.1. The molecule has 3 N–H and O–H groups in total. The first-order chi connectivity index (χ1) is 26.2. The van der Waals surface area contributed by atoms with Crippen molar-refractivity contribution in [1.82, 2.24) is 34.8 Å². The molecular formula is C37H48F3N7O8S. The predicted molar refractivity (Wildman–Crippen MR) is 195 cm³/mol. The number of carboxylic acid groups (broad SMARTS) is 1. The van der Waals surface area contributed by atoms with E-state index in [0.717, 1.165) is 9.80 Å². The van der Waals surface area contributed by atoms with Gasteiger partial charge in [-0.1, -0.05) is 32.4 Å². The number of alkyl halides is 3. The molecule has 4 amide bonds. The lowest BCUT2D eigenvalue weighted by molar-refractivity contribution is -0.146. The van der Waals surface area contributed by atoms with Gasteiger partial charge in [0.1, 0.15) is 29.2 Å². The maximum absolute atomic E-state index is 15.1. The highest BCUT2D eigenvalue weighted by atomic mass is 32.2. The zero-order valence-electron chi connectivity index (χ0n) is 31.9. The van der Waals surface area contributed by atoms with E-state index in [4.69, 9.17) is 4.74 Å². The van der Waals surface area contributed by atoms with E-state index in [2.05, 4.69) is 25.0 Å². The van der Waals surface area contributed by atoms with Gasteiger partial charge in [0.05, 0.1) is 11.8 Å². The molecule has 4 aliphatic rings. The second-order valence-corrected chi connectivity index (χ2v) is 18.4. The van der Waals surface area contributed by atoms with E-state index in [9.17, 15) is 41.1 Å². The van der Waals surface area contributed by atoms with Crippen LogP contribution in [0.1, 0.15) is 91.7 Å². The van der Waals surface area contributed by atoms with Crippen LogP contribution in [-0.4, -0.2) is 103 Å². The fraction of sp³-hybridized carbons (Fsp3) is 0.649. The van der Waals surface area contributed by atoms with Gasteiger partial charge in [0.15, 0.2) is 5.65 Å². The molecule has 0 bridgehead atoms. The lowest BCUT2D eigenvalue weighted by Crippen LogP contribution is -2.62. The Hall–Kier alpha value is -4.55. The van der Waals surface area contributed by atoms with Gasteiger partial charge in [-0.05, 0) is 83.3 Å². The summed E-state index contributed by atoms with van der Waals surface area (Å²) < 4.78 is 76.7. The summed E-state index contributed by atoms with van der Waals surface area (Å²) in [6.07, 6.45) is -0.276. The highest BCUT2D eigenvalue weighted by Crippen LogP contribution is 2.46. The summed E-state index contributed by atoms with van der Waals surface area (Å²) in [5.41, 5.74) is -4.54. The van der Waals surface area contributed by atoms with Crippen LogP contribution in [0.2, 0.25) is 0 Å². The molecule has 0 unspecified atom stereocenters. The third-order valence-electron chi connectivity index (χ3n) is 11.1. The van der Waals surface area contributed by atoms with Gasteiger partial charge < -0.3 is 20.1 Å². The normalized spacial score (nSPS) is 29.6. The number of ether oxygens (including phenoxy) is 1. The van der Waals surface area contributed by atoms with Crippen LogP contribution in [0.15, 0.2) is 30.5 Å². The van der Waals surface area contributed by atoms with E-state index in [1.54, 1.807) is 26.8 Å². The van der Waals surface area contributed by atoms with Gasteiger partial charge in [-0.25, -0.2) is 28.2 Å². The Balaban J connectivity index is 1.43. The number of rotatable bonds is 7. The highest BCUT2D eigenvalue weighted by molar-refractivity contribution is 7.91. The number of nitrogens with zero attached hydrogens (tertiary/aromatic N) is 5. The molecule has 2 aromatic heterocycles. The third kappa shape index (κ3) is 8.41. The SMILES string of the molecule is CC[C@@H]1C[C@H](C)CC/C=C\[C@@H]2C[C@@]2(C(=O)NS(=O)(=O)C2CC2)NC(=O)[C@@H]2C[C@@H](Oc3nc4cccnc4nc3C(F)(F)F)CN2C(=O)[C@H]1N(C(=O)O)C(C)(C)C. The Morgan fingerprint density at radius 2 is 1.86 bits per heavy atom. The van der Waals surface area contributed by atoms with Crippen LogP contribution in [0.25, 0.3) is 11.2 Å². The summed E-state index contributed by atoms with van der Waals surface area (Å²) >= 11 is 0. The number of nitrogens with one attached hydrogen (secondary N) is 2. The Labute approximate surface area is 322 Å². The molecule has 4 heterocycles. The van der Waals surface area contributed by atoms with Crippen molar-refractivity contribution in [1.29, 1.82) is 0 Å². The van der Waals surface area contributed by atoms with E-state index < -0.39 is 104 Å². The van der Waals surface area contributed by atoms with Crippen LogP contribution in [0, 0.1) is 17.8 Å². The number of hydrogen-bond donors (Lipinski definition) is 3. The van der Waals surface area contributed by atoms with Gasteiger partial charge in [-0.15, -0.1) is 0 Å². The minimum Gasteiger partial charge on any atom is -0.471 e. The molecule has 1 saturated heterocycles. The maximum atomic E-state index is 15.1. The lowest BCUT2D eigenvalue weighted by atomic mass is 9.82. The molecule has 0 spiro atoms. The summed E-state index contributed by atoms with van der Waals surface area (Å²) in [7, 11) is -4.02. The summed E-state index contributed by atoms with van der Waals surface area (Å²) in [6, 6.07) is 0.0716. The number of pyridine rings is 1. The minimum atomic E-state index is -5.02. The number of halogens is 3. The van der Waals surface area contributed by atoms with Crippen LogP contribution < -0.4 is 14.8 Å². The van der Waals surface area contributed by atoms with Crippen molar-refractivity contribution in [2.24, 2.45) is 17.8 Å². The molecule has 3 fully saturated rings. The second-order valence-electron chi connectivity index (χ2n) is 16.4. The first kappa shape index (κ1) is 41.1. The van der Waals surface area contributed by atoms with E-state index in [1.807, 2.05) is 19.9 Å². The highest BCUT2D eigenvalue weighted by Gasteiger charge is 2.62. The first-order valence-electron chi connectivity index (χ1n) is 18.9. The Bertz CT molecular complexity index is 2020. The number of carbonyl (C=O) groups excluding carboxylic acids is 3. The summed E-state index contributed by atoms with van der Waals surface area (Å²) in [5, 5.41) is 12.6. The van der Waals surface area contributed by atoms with Gasteiger partial charge in [-0.3, -0.25) is 24.0 Å². The van der Waals surface area contributed by atoms with Crippen LogP contribution >= 0.6 is 0 Å². The van der Waals surface area contributed by atoms with Crippen LogP contribution in [0.4, 0.5) is 18.0 Å². The number of fused-ring (bicyclic) bond motifs is 3. The van der Waals surface area contributed by atoms with E-state index in [1.165, 1.54) is 18.3 Å². The molecule has 2 aromatic rings. The average molecular weight is 808 g/mol. The van der Waals surface area contributed by atoms with Gasteiger partial charge in [0.2, 0.25) is 33.4 Å². The van der Waals surface area contributed by atoms with Crippen molar-refractivity contribution in [3.05, 3.63) is 36.2 Å². The number of hydrogen-bond acceptors (Lipinski definition) is 10. The van der Waals surface area contributed by atoms with Crippen LogP contribution in [0.5, 0.6) is 5.88 Å². The van der Waals surface area contributed by atoms with E-state index >= 15 is 4.79 Å². The summed E-state index contributed by atoms with van der Waals surface area (Å²) in [6.45, 7) is 8.31. The largest absolute Gasteiger partial charge is 0.471 e. The molecule has 2 saturated carbocycles. The molecule has 2 aliphatic heterocycles. The summed E-state index contributed by atoms with van der Waals surface area (Å²) in [4.78, 5) is 70.1. The van der Waals surface area contributed by atoms with E-state index in [-0.39, 0.29) is 29.9 Å². The second kappa shape index (κ2) is 15.1. The van der Waals surface area contributed by atoms with Crippen LogP contribution in [-0.2, 0) is 30.6 Å². The lowest BCUT2D eigenvalue weighted by Gasteiger charge is -2.44. The molecule has 56 heavy (non-hydrogen) atoms. The van der Waals surface area contributed by atoms with Gasteiger partial charge in [0, 0.05) is 24.1 Å². The molecule has 19 heteroatoms. The average Bonchev–Trinajstić information content (AvgIpc) is 4.03. The van der Waals surface area contributed by atoms with Crippen molar-refractivity contribution in [3.63, 3.8) is 0 Å². The monoisotopic (exact) mass is 807 g/mol. The maximum Gasteiger partial charge on any atom is 0.438 e. The van der Waals surface area contributed by atoms with Gasteiger partial charge >= 0.3 is 12.3 Å². The quantitative estimate of drug-likeness (QED) is 0.335. The molecule has 6 rings (SSSR count). The van der Waals surface area contributed by atoms with Crippen molar-refractivity contribution >= 4 is 45.0 Å². The predicted octanol–water partition coefficient (Wildman–Crippen LogP) is 4.42. The molecule has 306 valence electrons. The third-order valence-corrected chi connectivity index (χ3v) is 12.9. The van der Waals surface area contributed by atoms with Crippen molar-refractivity contribution in [3.8, 4) is 5.88 Å². The topological polar surface area (TPSA) is 201 Å². The fourth-order valence-corrected chi connectivity index (χ4v) is 9.32. The van der Waals surface area contributed by atoms with E-state index in [0.29, 0.717) is 38.5 Å². The Morgan fingerprint density at radius 1 is 1.14 bits per heavy atom. The first-order valence-corrected chi connectivity index (χ1v) is 20.4. The number of aromatic nitrogens is 3. The smallest absolute Gasteiger partial charge is 0.438 e. The minimum absolute atomic E-state index is 0.00125. The van der Waals surface area contributed by atoms with Crippen molar-refractivity contribution in [2.45, 2.75) is 127 Å². The van der Waals surface area contributed by atoms with Gasteiger partial charge in [-0.2, -0.15) is 13.2 Å². The zero-order valence-corrected chi connectivity index (χ0v) is 32.7. The molecule has 7 atom stereocenters.